The van der Waals surface area contributed by atoms with Crippen LogP contribution in [0.15, 0.2) is 0 Å². The van der Waals surface area contributed by atoms with Crippen molar-refractivity contribution in [1.29, 1.82) is 0 Å². The molecule has 0 amide bonds. The molecule has 5 saturated heterocycles. The highest BCUT2D eigenvalue weighted by Gasteiger charge is 2.72. The molecule has 22 N–H and O–H groups in total. The van der Waals surface area contributed by atoms with Gasteiger partial charge in [-0.2, -0.15) is 0 Å². The van der Waals surface area contributed by atoms with Gasteiger partial charge in [0.1, 0.15) is 61.0 Å². The summed E-state index contributed by atoms with van der Waals surface area (Å²) in [5.74, 6) is -25.8. The number of aliphatic hydroxyl groups is 17. The summed E-state index contributed by atoms with van der Waals surface area (Å²) >= 11 is 0. The SMILES string of the molecule is C[C@@H]1C(O)CC(OC[C@@H](O)[C@@H](O)[C@@H]2OC(OC[C@@H](O)[C@@H](O)[C@@H]3OC(OC[C@@H](O)[C@@H](O)[C@@H]4OC(C(=O)O)(C5(C(=O)O)CC(O)[C@@H](C)[C@H]([C@H](O)[C@H](O)CO)O5)CC(O)[C@H]4C)(C(=O)O)CC(O)[C@H]3C)(C(=O)O)CC(O)[C@H]2C)(C(=O)O)O[C@H]1[C@H](O)[C@H](O)CO. The quantitative estimate of drug-likeness (QED) is 0.0363. The van der Waals surface area contributed by atoms with Crippen molar-refractivity contribution in [2.75, 3.05) is 33.0 Å². The summed E-state index contributed by atoms with van der Waals surface area (Å²) < 4.78 is 44.7. The van der Waals surface area contributed by atoms with Gasteiger partial charge in [0.2, 0.25) is 11.2 Å². The van der Waals surface area contributed by atoms with Crippen molar-refractivity contribution in [3.63, 3.8) is 0 Å². The molecule has 5 rings (SSSR count). The Kier molecular flexibility index (Phi) is 23.8. The topological polar surface area (TPSA) is 604 Å². The van der Waals surface area contributed by atoms with Crippen molar-refractivity contribution in [3.8, 4) is 0 Å². The monoisotopic (exact) mass is 1240 g/mol. The average molecular weight is 1240 g/mol. The van der Waals surface area contributed by atoms with E-state index in [1.807, 2.05) is 0 Å². The Morgan fingerprint density at radius 1 is 0.353 bits per heavy atom. The van der Waals surface area contributed by atoms with E-state index in [4.69, 9.17) is 37.9 Å². The second-order valence-electron chi connectivity index (χ2n) is 23.1. The zero-order valence-corrected chi connectivity index (χ0v) is 46.7. The van der Waals surface area contributed by atoms with Gasteiger partial charge in [0.25, 0.3) is 17.4 Å². The lowest BCUT2D eigenvalue weighted by Crippen LogP contribution is -2.76. The van der Waals surface area contributed by atoms with Gasteiger partial charge in [0.15, 0.2) is 0 Å². The van der Waals surface area contributed by atoms with Crippen LogP contribution in [0.2, 0.25) is 0 Å². The summed E-state index contributed by atoms with van der Waals surface area (Å²) in [6.07, 6.45) is -46.0. The predicted molar refractivity (Wildman–Crippen MR) is 267 cm³/mol. The van der Waals surface area contributed by atoms with Gasteiger partial charge in [-0.25, -0.2) is 24.0 Å². The fourth-order valence-electron chi connectivity index (χ4n) is 11.5. The second-order valence-corrected chi connectivity index (χ2v) is 23.1. The molecule has 0 bridgehead atoms. The molecule has 0 aromatic heterocycles. The van der Waals surface area contributed by atoms with Crippen molar-refractivity contribution >= 4 is 29.8 Å². The van der Waals surface area contributed by atoms with Gasteiger partial charge in [0.05, 0.1) is 94.1 Å². The molecule has 10 unspecified atom stereocenters. The number of hydrogen-bond acceptors (Lipinski definition) is 30. The molecule has 85 heavy (non-hydrogen) atoms. The lowest BCUT2D eigenvalue weighted by molar-refractivity contribution is -0.339. The third kappa shape index (κ3) is 14.1. The first-order valence-corrected chi connectivity index (χ1v) is 27.2. The molecule has 5 aliphatic heterocycles. The van der Waals surface area contributed by atoms with Crippen LogP contribution in [0.5, 0.6) is 0 Å². The van der Waals surface area contributed by atoms with Crippen LogP contribution in [0, 0.1) is 29.6 Å². The number of carbonyl (C=O) groups is 5. The standard InChI is InChI=1S/C50H82O35/c1-16-21(53)6-46(41(68)69,81-36(16)31(63)26(58)11-51)47(42(70)71)7-22(54)17(2)37(82-47)33(65)28(60)13-78-49(44(74)75)9-24(56)19(4)39(84-49)35(67)30(62)15-80-50(45(76)77)10-25(57)20(5)40(85-50)34(66)29(61)14-79-48(43(72)73)8-23(55)18(3)38(83-48)32(64)27(59)12-52/h16-40,51-67H,6-15H2,1-5H3,(H,68,69)(H,70,71)(H,72,73)(H,74,75)(H,76,77)/t16-,17-,18-,19-,20-,21?,22?,23?,24?,25?,26-,27-,28-,29-,30-,31-,32-,33-,34-,35-,36-,37-,38-,39-,40-,46?,47?,48?,49?,50?/m1/s1. The highest BCUT2D eigenvalue weighted by Crippen LogP contribution is 2.50. The van der Waals surface area contributed by atoms with Crippen LogP contribution in [0.1, 0.15) is 66.7 Å². The van der Waals surface area contributed by atoms with Crippen LogP contribution >= 0.6 is 0 Å². The first-order chi connectivity index (χ1) is 39.3. The lowest BCUT2D eigenvalue weighted by atomic mass is 9.67. The molecule has 5 heterocycles. The zero-order valence-electron chi connectivity index (χ0n) is 46.7. The molecule has 0 aliphatic carbocycles. The van der Waals surface area contributed by atoms with Crippen LogP contribution in [-0.2, 0) is 61.9 Å². The van der Waals surface area contributed by atoms with E-state index in [1.165, 1.54) is 34.6 Å². The molecule has 5 fully saturated rings. The van der Waals surface area contributed by atoms with Gasteiger partial charge in [0, 0.05) is 61.7 Å². The van der Waals surface area contributed by atoms with E-state index in [2.05, 4.69) is 0 Å². The Hall–Kier alpha value is -3.65. The fourth-order valence-corrected chi connectivity index (χ4v) is 11.5. The molecule has 35 heteroatoms. The Balaban J connectivity index is 1.31. The van der Waals surface area contributed by atoms with E-state index in [-0.39, 0.29) is 0 Å². The fraction of sp³-hybridized carbons (Fsp3) is 0.900. The number of aliphatic carboxylic acids is 5. The first kappa shape index (κ1) is 72.1. The third-order valence-corrected chi connectivity index (χ3v) is 17.5. The van der Waals surface area contributed by atoms with Crippen molar-refractivity contribution in [2.24, 2.45) is 29.6 Å². The van der Waals surface area contributed by atoms with Gasteiger partial charge in [-0.05, 0) is 0 Å². The molecule has 0 spiro atoms. The molecular weight excluding hydrogens is 1160 g/mol. The molecule has 0 aromatic rings. The van der Waals surface area contributed by atoms with Gasteiger partial charge in [-0.15, -0.1) is 0 Å². The molecule has 492 valence electrons. The molecular formula is C50H82O35. The van der Waals surface area contributed by atoms with Crippen molar-refractivity contribution in [3.05, 3.63) is 0 Å². The highest BCUT2D eigenvalue weighted by atomic mass is 16.8. The maximum Gasteiger partial charge on any atom is 0.364 e. The summed E-state index contributed by atoms with van der Waals surface area (Å²) in [5.41, 5.74) is -6.58. The number of carboxylic acids is 5. The Morgan fingerprint density at radius 2 is 0.553 bits per heavy atom. The summed E-state index contributed by atoms with van der Waals surface area (Å²) in [6.45, 7) is 0.184. The first-order valence-electron chi connectivity index (χ1n) is 27.2. The summed E-state index contributed by atoms with van der Waals surface area (Å²) in [6, 6.07) is 0. The maximum absolute atomic E-state index is 13.3. The van der Waals surface area contributed by atoms with Crippen molar-refractivity contribution in [2.45, 2.75) is 217 Å². The van der Waals surface area contributed by atoms with E-state index in [0.717, 1.165) is 0 Å². The average Bonchev–Trinajstić information content (AvgIpc) is 1.04. The van der Waals surface area contributed by atoms with Gasteiger partial charge < -0.3 is 150 Å². The van der Waals surface area contributed by atoms with Gasteiger partial charge in [-0.1, -0.05) is 34.6 Å². The van der Waals surface area contributed by atoms with Gasteiger partial charge in [-0.3, -0.25) is 0 Å². The number of hydrogen-bond donors (Lipinski definition) is 22. The van der Waals surface area contributed by atoms with Crippen LogP contribution in [0.4, 0.5) is 0 Å². The molecule has 30 atom stereocenters. The Bertz CT molecular complexity index is 2280. The largest absolute Gasteiger partial charge is 0.479 e. The zero-order chi connectivity index (χ0) is 64.5. The number of rotatable bonds is 27. The van der Waals surface area contributed by atoms with E-state index in [9.17, 15) is 136 Å². The van der Waals surface area contributed by atoms with Crippen LogP contribution < -0.4 is 0 Å². The lowest BCUT2D eigenvalue weighted by Gasteiger charge is -2.56. The Labute approximate surface area is 483 Å². The van der Waals surface area contributed by atoms with E-state index >= 15 is 0 Å². The highest BCUT2D eigenvalue weighted by molar-refractivity contribution is 5.92. The van der Waals surface area contributed by atoms with Crippen LogP contribution in [-0.4, -0.2) is 326 Å². The Morgan fingerprint density at radius 3 is 0.753 bits per heavy atom. The molecule has 35 nitrogen and oxygen atoms in total. The van der Waals surface area contributed by atoms with E-state index < -0.39 is 275 Å². The smallest absolute Gasteiger partial charge is 0.364 e. The number of ether oxygens (including phenoxy) is 8. The summed E-state index contributed by atoms with van der Waals surface area (Å²) in [4.78, 5) is 65.0. The predicted octanol–water partition coefficient (Wildman–Crippen LogP) is -9.45. The molecule has 0 radical (unpaired) electrons. The molecule has 5 aliphatic rings. The van der Waals surface area contributed by atoms with E-state index in [0.29, 0.717) is 0 Å². The van der Waals surface area contributed by atoms with Crippen LogP contribution in [0.25, 0.3) is 0 Å². The second kappa shape index (κ2) is 28.0. The normalized spacial score (nSPS) is 42.7. The number of carboxylic acid groups (broad SMARTS) is 5. The summed E-state index contributed by atoms with van der Waals surface area (Å²) in [7, 11) is 0. The molecule has 0 aromatic carbocycles. The van der Waals surface area contributed by atoms with Crippen molar-refractivity contribution in [1.82, 2.24) is 0 Å². The van der Waals surface area contributed by atoms with Crippen molar-refractivity contribution < 1.29 is 174 Å². The minimum absolute atomic E-state index is 0.840. The van der Waals surface area contributed by atoms with E-state index in [1.54, 1.807) is 0 Å². The van der Waals surface area contributed by atoms with Crippen LogP contribution in [0.3, 0.4) is 0 Å². The molecule has 0 saturated carbocycles. The number of aliphatic hydroxyl groups excluding tert-OH is 17. The minimum atomic E-state index is -3.31. The van der Waals surface area contributed by atoms with Gasteiger partial charge >= 0.3 is 29.8 Å². The summed E-state index contributed by atoms with van der Waals surface area (Å²) in [5, 5.41) is 236. The third-order valence-electron chi connectivity index (χ3n) is 17.5. The minimum Gasteiger partial charge on any atom is -0.479 e. The maximum atomic E-state index is 13.3.